The Morgan fingerprint density at radius 2 is 2.11 bits per heavy atom. The van der Waals surface area contributed by atoms with Crippen LogP contribution in [0.5, 0.6) is 0 Å². The number of para-hydroxylation sites is 1. The molecule has 3 rings (SSSR count). The molecule has 0 unspecified atom stereocenters. The fourth-order valence-electron chi connectivity index (χ4n) is 1.95. The fourth-order valence-corrected chi connectivity index (χ4v) is 2.66. The van der Waals surface area contributed by atoms with Crippen molar-refractivity contribution in [2.24, 2.45) is 0 Å². The van der Waals surface area contributed by atoms with Crippen molar-refractivity contribution in [2.75, 3.05) is 11.9 Å². The fraction of sp³-hybridized carbons (Fsp3) is 0.143. The summed E-state index contributed by atoms with van der Waals surface area (Å²) in [5.41, 5.74) is 0.358. The smallest absolute Gasteiger partial charge is 0.149 e. The number of halogens is 1. The summed E-state index contributed by atoms with van der Waals surface area (Å²) in [6.45, 7) is 0.767. The Morgan fingerprint density at radius 1 is 1.16 bits per heavy atom. The number of hydrogen-bond donors (Lipinski definition) is 1. The molecule has 2 heterocycles. The van der Waals surface area contributed by atoms with Crippen LogP contribution < -0.4 is 5.32 Å². The van der Waals surface area contributed by atoms with E-state index in [4.69, 9.17) is 0 Å². The van der Waals surface area contributed by atoms with Crippen LogP contribution in [0.4, 0.5) is 10.2 Å². The maximum Gasteiger partial charge on any atom is 0.149 e. The summed E-state index contributed by atoms with van der Waals surface area (Å²) in [5.74, 6) is 0.363. The van der Waals surface area contributed by atoms with Crippen molar-refractivity contribution in [2.45, 2.75) is 6.42 Å². The molecule has 3 aromatic rings. The molecule has 0 aliphatic heterocycles. The topological polar surface area (TPSA) is 37.8 Å². The molecule has 1 aromatic carbocycles. The molecule has 0 fully saturated rings. The average Bonchev–Trinajstić information content (AvgIpc) is 2.93. The Kier molecular flexibility index (Phi) is 3.37. The third-order valence-corrected chi connectivity index (χ3v) is 3.80. The van der Waals surface area contributed by atoms with Crippen molar-refractivity contribution >= 4 is 28.1 Å². The molecule has 0 spiro atoms. The molecule has 0 saturated carbocycles. The largest absolute Gasteiger partial charge is 0.369 e. The quantitative estimate of drug-likeness (QED) is 0.790. The van der Waals surface area contributed by atoms with Crippen molar-refractivity contribution in [3.8, 4) is 0 Å². The van der Waals surface area contributed by atoms with E-state index in [9.17, 15) is 4.39 Å². The summed E-state index contributed by atoms with van der Waals surface area (Å²) in [4.78, 5) is 9.47. The second-order valence-corrected chi connectivity index (χ2v) is 5.15. The molecule has 1 N–H and O–H groups in total. The molecule has 19 heavy (non-hydrogen) atoms. The number of anilines is 1. The summed E-state index contributed by atoms with van der Waals surface area (Å²) >= 11 is 1.73. The zero-order chi connectivity index (χ0) is 13.1. The molecule has 0 radical (unpaired) electrons. The Balaban J connectivity index is 1.79. The van der Waals surface area contributed by atoms with Crippen molar-refractivity contribution < 1.29 is 4.39 Å². The number of thiophene rings is 1. The molecule has 5 heteroatoms. The molecule has 0 bridgehead atoms. The van der Waals surface area contributed by atoms with Crippen molar-refractivity contribution in [1.29, 1.82) is 0 Å². The summed E-state index contributed by atoms with van der Waals surface area (Å²) in [5, 5.41) is 6.02. The Bertz CT molecular complexity index is 682. The number of rotatable bonds is 4. The monoisotopic (exact) mass is 273 g/mol. The first kappa shape index (κ1) is 12.0. The molecular weight excluding hydrogens is 261 g/mol. The lowest BCUT2D eigenvalue weighted by molar-refractivity contribution is 0.636. The molecule has 0 atom stereocenters. The van der Waals surface area contributed by atoms with Gasteiger partial charge in [0.15, 0.2) is 0 Å². The van der Waals surface area contributed by atoms with Gasteiger partial charge >= 0.3 is 0 Å². The number of nitrogens with one attached hydrogen (secondary N) is 1. The zero-order valence-corrected chi connectivity index (χ0v) is 11.0. The molecule has 0 amide bonds. The number of benzene rings is 1. The van der Waals surface area contributed by atoms with Crippen LogP contribution in [0.25, 0.3) is 10.9 Å². The molecule has 2 aromatic heterocycles. The van der Waals surface area contributed by atoms with Gasteiger partial charge < -0.3 is 5.32 Å². The van der Waals surface area contributed by atoms with E-state index in [-0.39, 0.29) is 5.82 Å². The predicted octanol–water partition coefficient (Wildman–Crippen LogP) is 3.49. The summed E-state index contributed by atoms with van der Waals surface area (Å²) in [6, 6.07) is 9.04. The van der Waals surface area contributed by atoms with Crippen LogP contribution in [0.2, 0.25) is 0 Å². The van der Waals surface area contributed by atoms with Gasteiger partial charge in [0.1, 0.15) is 23.5 Å². The van der Waals surface area contributed by atoms with Gasteiger partial charge in [0.2, 0.25) is 0 Å². The number of fused-ring (bicyclic) bond motifs is 1. The Morgan fingerprint density at radius 3 is 2.95 bits per heavy atom. The lowest BCUT2D eigenvalue weighted by Crippen LogP contribution is -2.06. The minimum atomic E-state index is -0.318. The van der Waals surface area contributed by atoms with E-state index >= 15 is 0 Å². The first-order valence-corrected chi connectivity index (χ1v) is 6.88. The van der Waals surface area contributed by atoms with E-state index in [1.807, 2.05) is 12.1 Å². The van der Waals surface area contributed by atoms with Crippen molar-refractivity contribution in [1.82, 2.24) is 9.97 Å². The predicted molar refractivity (Wildman–Crippen MR) is 76.0 cm³/mol. The minimum absolute atomic E-state index is 0.318. The van der Waals surface area contributed by atoms with Crippen LogP contribution in [-0.4, -0.2) is 16.5 Å². The highest BCUT2D eigenvalue weighted by Gasteiger charge is 2.06. The molecule has 96 valence electrons. The van der Waals surface area contributed by atoms with Gasteiger partial charge in [0.25, 0.3) is 0 Å². The van der Waals surface area contributed by atoms with Crippen LogP contribution in [0, 0.1) is 5.82 Å². The molecule has 0 saturated heterocycles. The molecule has 0 aliphatic carbocycles. The average molecular weight is 273 g/mol. The van der Waals surface area contributed by atoms with E-state index in [1.165, 1.54) is 17.3 Å². The van der Waals surface area contributed by atoms with Gasteiger partial charge in [-0.3, -0.25) is 0 Å². The van der Waals surface area contributed by atoms with E-state index in [0.29, 0.717) is 16.7 Å². The SMILES string of the molecule is Fc1cccc2c(NCCc3cccs3)ncnc12. The maximum atomic E-state index is 13.6. The Hall–Kier alpha value is -2.01. The van der Waals surface area contributed by atoms with E-state index in [1.54, 1.807) is 17.4 Å². The number of aromatic nitrogens is 2. The summed E-state index contributed by atoms with van der Waals surface area (Å²) in [7, 11) is 0. The lowest BCUT2D eigenvalue weighted by atomic mass is 10.2. The molecular formula is C14H12FN3S. The van der Waals surface area contributed by atoms with E-state index in [0.717, 1.165) is 13.0 Å². The third-order valence-electron chi connectivity index (χ3n) is 2.86. The molecule has 0 aliphatic rings. The van der Waals surface area contributed by atoms with Crippen LogP contribution >= 0.6 is 11.3 Å². The summed E-state index contributed by atoms with van der Waals surface area (Å²) < 4.78 is 13.6. The zero-order valence-electron chi connectivity index (χ0n) is 10.1. The second-order valence-electron chi connectivity index (χ2n) is 4.11. The first-order chi connectivity index (χ1) is 9.34. The van der Waals surface area contributed by atoms with Gasteiger partial charge in [-0.05, 0) is 30.0 Å². The van der Waals surface area contributed by atoms with E-state index < -0.39 is 0 Å². The van der Waals surface area contributed by atoms with Crippen molar-refractivity contribution in [3.05, 3.63) is 52.7 Å². The van der Waals surface area contributed by atoms with Gasteiger partial charge in [-0.25, -0.2) is 14.4 Å². The van der Waals surface area contributed by atoms with E-state index in [2.05, 4.69) is 26.7 Å². The molecule has 3 nitrogen and oxygen atoms in total. The van der Waals surface area contributed by atoms with Crippen LogP contribution in [0.3, 0.4) is 0 Å². The van der Waals surface area contributed by atoms with Gasteiger partial charge in [0, 0.05) is 16.8 Å². The minimum Gasteiger partial charge on any atom is -0.369 e. The summed E-state index contributed by atoms with van der Waals surface area (Å²) in [6.07, 6.45) is 2.32. The van der Waals surface area contributed by atoms with Crippen LogP contribution in [0.15, 0.2) is 42.0 Å². The Labute approximate surface area is 114 Å². The highest BCUT2D eigenvalue weighted by atomic mass is 32.1. The number of nitrogens with zero attached hydrogens (tertiary/aromatic N) is 2. The van der Waals surface area contributed by atoms with Crippen LogP contribution in [0.1, 0.15) is 4.88 Å². The van der Waals surface area contributed by atoms with Crippen molar-refractivity contribution in [3.63, 3.8) is 0 Å². The second kappa shape index (κ2) is 5.32. The normalized spacial score (nSPS) is 10.8. The van der Waals surface area contributed by atoms with Gasteiger partial charge in [-0.1, -0.05) is 12.1 Å². The first-order valence-electron chi connectivity index (χ1n) is 6.00. The van der Waals surface area contributed by atoms with Gasteiger partial charge in [-0.15, -0.1) is 11.3 Å². The maximum absolute atomic E-state index is 13.6. The third kappa shape index (κ3) is 2.56. The van der Waals surface area contributed by atoms with Crippen LogP contribution in [-0.2, 0) is 6.42 Å². The highest BCUT2D eigenvalue weighted by Crippen LogP contribution is 2.21. The van der Waals surface area contributed by atoms with Gasteiger partial charge in [-0.2, -0.15) is 0 Å². The standard InChI is InChI=1S/C14H12FN3S/c15-12-5-1-4-11-13(12)17-9-18-14(11)16-7-6-10-3-2-8-19-10/h1-5,8-9H,6-7H2,(H,16,17,18). The van der Waals surface area contributed by atoms with Gasteiger partial charge in [0.05, 0.1) is 0 Å². The lowest BCUT2D eigenvalue weighted by Gasteiger charge is -2.07. The number of hydrogen-bond acceptors (Lipinski definition) is 4. The highest BCUT2D eigenvalue weighted by molar-refractivity contribution is 7.09.